The molecule has 0 aliphatic rings. The van der Waals surface area contributed by atoms with Gasteiger partial charge in [-0.2, -0.15) is 0 Å². The summed E-state index contributed by atoms with van der Waals surface area (Å²) < 4.78 is 2.61. The molecule has 0 fully saturated rings. The van der Waals surface area contributed by atoms with E-state index in [1.807, 2.05) is 11.3 Å². The minimum atomic E-state index is 1.17. The highest BCUT2D eigenvalue weighted by molar-refractivity contribution is 7.26. The van der Waals surface area contributed by atoms with Gasteiger partial charge in [0.05, 0.1) is 21.8 Å². The van der Waals surface area contributed by atoms with Crippen molar-refractivity contribution in [3.63, 3.8) is 0 Å². The van der Waals surface area contributed by atoms with E-state index in [-0.39, 0.29) is 0 Å². The molecule has 0 aliphatic heterocycles. The predicted octanol–water partition coefficient (Wildman–Crippen LogP) is 12.1. The zero-order valence-electron chi connectivity index (χ0n) is 22.8. The molecule has 0 aliphatic carbocycles. The fourth-order valence-electron chi connectivity index (χ4n) is 6.74. The second-order valence-corrected chi connectivity index (χ2v) is 12.0. The van der Waals surface area contributed by atoms with Crippen LogP contribution in [0.4, 0.5) is 17.1 Å². The molecule has 0 unspecified atom stereocenters. The van der Waals surface area contributed by atoms with Crippen molar-refractivity contribution >= 4 is 80.9 Å². The minimum Gasteiger partial charge on any atom is -0.308 e. The summed E-state index contributed by atoms with van der Waals surface area (Å²) in [5.74, 6) is 0. The first-order valence-corrected chi connectivity index (χ1v) is 15.2. The fraction of sp³-hybridized carbons (Fsp3) is 0. The van der Waals surface area contributed by atoms with E-state index in [4.69, 9.17) is 0 Å². The molecule has 9 rings (SSSR count). The molecular formula is C40H25NS. The predicted molar refractivity (Wildman–Crippen MR) is 183 cm³/mol. The van der Waals surface area contributed by atoms with Crippen LogP contribution in [0.25, 0.3) is 63.6 Å². The Morgan fingerprint density at radius 2 is 1.02 bits per heavy atom. The molecular weight excluding hydrogens is 527 g/mol. The standard InChI is InChI=1S/C40H25NS/c1-2-10-26(11-3-1)30-14-4-6-17-34(30)41(36-18-9-16-32-31-15-5-7-19-37(31)42-40(32)36)35-25-23-29-21-20-27-12-8-13-28-22-24-33(35)39(29)38(27)28/h1-25H. The van der Waals surface area contributed by atoms with Gasteiger partial charge in [-0.25, -0.2) is 0 Å². The highest BCUT2D eigenvalue weighted by atomic mass is 32.1. The number of benzene rings is 8. The van der Waals surface area contributed by atoms with Crippen LogP contribution in [0.3, 0.4) is 0 Å². The smallest absolute Gasteiger partial charge is 0.0640 e. The quantitative estimate of drug-likeness (QED) is 0.197. The van der Waals surface area contributed by atoms with Crippen LogP contribution in [0.1, 0.15) is 0 Å². The van der Waals surface area contributed by atoms with Crippen LogP contribution >= 0.6 is 11.3 Å². The van der Waals surface area contributed by atoms with Crippen LogP contribution in [0.5, 0.6) is 0 Å². The first kappa shape index (κ1) is 23.5. The van der Waals surface area contributed by atoms with Gasteiger partial charge in [-0.15, -0.1) is 11.3 Å². The van der Waals surface area contributed by atoms with E-state index in [9.17, 15) is 0 Å². The largest absolute Gasteiger partial charge is 0.308 e. The average Bonchev–Trinajstić information content (AvgIpc) is 3.44. The van der Waals surface area contributed by atoms with Crippen molar-refractivity contribution in [2.75, 3.05) is 4.90 Å². The van der Waals surface area contributed by atoms with Crippen molar-refractivity contribution in [2.45, 2.75) is 0 Å². The molecule has 0 N–H and O–H groups in total. The Balaban J connectivity index is 1.42. The van der Waals surface area contributed by atoms with Crippen molar-refractivity contribution in [1.29, 1.82) is 0 Å². The number of rotatable bonds is 4. The van der Waals surface area contributed by atoms with Crippen LogP contribution in [0.2, 0.25) is 0 Å². The number of fused-ring (bicyclic) bond motifs is 3. The maximum atomic E-state index is 2.51. The van der Waals surface area contributed by atoms with Crippen LogP contribution in [-0.4, -0.2) is 0 Å². The Morgan fingerprint density at radius 1 is 0.381 bits per heavy atom. The normalized spacial score (nSPS) is 11.8. The van der Waals surface area contributed by atoms with Gasteiger partial charge in [0.25, 0.3) is 0 Å². The zero-order chi connectivity index (χ0) is 27.6. The lowest BCUT2D eigenvalue weighted by Gasteiger charge is -2.30. The summed E-state index contributed by atoms with van der Waals surface area (Å²) in [4.78, 5) is 2.51. The maximum absolute atomic E-state index is 2.51. The lowest BCUT2D eigenvalue weighted by Crippen LogP contribution is -2.12. The minimum absolute atomic E-state index is 1.17. The lowest BCUT2D eigenvalue weighted by molar-refractivity contribution is 1.32. The second-order valence-electron chi connectivity index (χ2n) is 10.9. The Kier molecular flexibility index (Phi) is 5.13. The van der Waals surface area contributed by atoms with Gasteiger partial charge in [-0.1, -0.05) is 127 Å². The Morgan fingerprint density at radius 3 is 1.90 bits per heavy atom. The molecule has 8 aromatic carbocycles. The molecule has 2 heteroatoms. The SMILES string of the molecule is c1ccc(-c2ccccc2N(c2ccc3ccc4cccc5ccc2c3c45)c2cccc3c2sc2ccccc23)cc1. The van der Waals surface area contributed by atoms with Gasteiger partial charge in [0.1, 0.15) is 0 Å². The van der Waals surface area contributed by atoms with E-state index in [1.54, 1.807) is 0 Å². The third kappa shape index (κ3) is 3.43. The van der Waals surface area contributed by atoms with Gasteiger partial charge in [0.2, 0.25) is 0 Å². The van der Waals surface area contributed by atoms with E-state index < -0.39 is 0 Å². The molecule has 0 bridgehead atoms. The monoisotopic (exact) mass is 551 g/mol. The molecule has 1 aromatic heterocycles. The van der Waals surface area contributed by atoms with Crippen molar-refractivity contribution < 1.29 is 0 Å². The fourth-order valence-corrected chi connectivity index (χ4v) is 7.95. The Bertz CT molecular complexity index is 2400. The van der Waals surface area contributed by atoms with Crippen LogP contribution < -0.4 is 4.90 Å². The molecule has 1 heterocycles. The van der Waals surface area contributed by atoms with Gasteiger partial charge >= 0.3 is 0 Å². The first-order valence-electron chi connectivity index (χ1n) is 14.4. The van der Waals surface area contributed by atoms with Gasteiger partial charge in [-0.3, -0.25) is 0 Å². The van der Waals surface area contributed by atoms with E-state index in [2.05, 4.69) is 157 Å². The van der Waals surface area contributed by atoms with E-state index >= 15 is 0 Å². The Labute approximate surface area is 247 Å². The molecule has 0 spiro atoms. The number of hydrogen-bond donors (Lipinski definition) is 0. The van der Waals surface area contributed by atoms with Gasteiger partial charge < -0.3 is 4.90 Å². The third-order valence-corrected chi connectivity index (χ3v) is 9.81. The summed E-state index contributed by atoms with van der Waals surface area (Å²) in [6.45, 7) is 0. The van der Waals surface area contributed by atoms with Crippen LogP contribution in [0, 0.1) is 0 Å². The van der Waals surface area contributed by atoms with Gasteiger partial charge in [0.15, 0.2) is 0 Å². The Hall–Kier alpha value is -5.18. The molecule has 0 radical (unpaired) electrons. The molecule has 0 amide bonds. The highest BCUT2D eigenvalue weighted by Gasteiger charge is 2.23. The molecule has 9 aromatic rings. The lowest BCUT2D eigenvalue weighted by atomic mass is 9.92. The van der Waals surface area contributed by atoms with Crippen molar-refractivity contribution in [3.05, 3.63) is 152 Å². The summed E-state index contributed by atoms with van der Waals surface area (Å²) in [5.41, 5.74) is 5.98. The second kappa shape index (κ2) is 9.17. The van der Waals surface area contributed by atoms with Crippen molar-refractivity contribution in [1.82, 2.24) is 0 Å². The maximum Gasteiger partial charge on any atom is 0.0640 e. The van der Waals surface area contributed by atoms with Gasteiger partial charge in [0, 0.05) is 26.4 Å². The van der Waals surface area contributed by atoms with E-state index in [1.165, 1.54) is 80.7 Å². The van der Waals surface area contributed by atoms with Crippen LogP contribution in [-0.2, 0) is 0 Å². The topological polar surface area (TPSA) is 3.24 Å². The number of nitrogens with zero attached hydrogens (tertiary/aromatic N) is 1. The average molecular weight is 552 g/mol. The summed E-state index contributed by atoms with van der Waals surface area (Å²) in [7, 11) is 0. The zero-order valence-corrected chi connectivity index (χ0v) is 23.6. The summed E-state index contributed by atoms with van der Waals surface area (Å²) in [5, 5.41) is 10.4. The number of hydrogen-bond acceptors (Lipinski definition) is 2. The van der Waals surface area contributed by atoms with Crippen LogP contribution in [0.15, 0.2) is 152 Å². The summed E-state index contributed by atoms with van der Waals surface area (Å²) in [6, 6.07) is 55.5. The highest BCUT2D eigenvalue weighted by Crippen LogP contribution is 2.49. The van der Waals surface area contributed by atoms with Gasteiger partial charge in [-0.05, 0) is 56.8 Å². The third-order valence-electron chi connectivity index (χ3n) is 8.60. The molecule has 196 valence electrons. The summed E-state index contributed by atoms with van der Waals surface area (Å²) >= 11 is 1.88. The molecule has 0 atom stereocenters. The first-order chi connectivity index (χ1) is 20.8. The molecule has 42 heavy (non-hydrogen) atoms. The molecule has 0 saturated carbocycles. The summed E-state index contributed by atoms with van der Waals surface area (Å²) in [6.07, 6.45) is 0. The number of para-hydroxylation sites is 1. The van der Waals surface area contributed by atoms with E-state index in [0.717, 1.165) is 0 Å². The van der Waals surface area contributed by atoms with Crippen molar-refractivity contribution in [2.24, 2.45) is 0 Å². The van der Waals surface area contributed by atoms with E-state index in [0.29, 0.717) is 0 Å². The number of thiophene rings is 1. The number of anilines is 3. The van der Waals surface area contributed by atoms with Crippen molar-refractivity contribution in [3.8, 4) is 11.1 Å². The molecule has 0 saturated heterocycles. The molecule has 1 nitrogen and oxygen atoms in total.